The fourth-order valence-electron chi connectivity index (χ4n) is 5.63. The SMILES string of the molecule is CC(C)[C@H]1NC(=O)[C@@H](NC(=O)c2ccc(N(C)S(C)(=O)=O)cc2)Cc2ccc(cc2)OCCNC(=O)Cn2nc(-c3ccccc3)nc2[C@H](C)NC1=O. The van der Waals surface area contributed by atoms with Crippen molar-refractivity contribution >= 4 is 39.3 Å². The zero-order valence-corrected chi connectivity index (χ0v) is 31.0. The summed E-state index contributed by atoms with van der Waals surface area (Å²) in [6.07, 6.45) is 1.16. The summed E-state index contributed by atoms with van der Waals surface area (Å²) < 4.78 is 32.3. The number of sulfonamides is 1. The molecule has 2 aliphatic rings. The van der Waals surface area contributed by atoms with Crippen LogP contribution >= 0.6 is 0 Å². The maximum Gasteiger partial charge on any atom is 0.251 e. The molecule has 3 aromatic carbocycles. The van der Waals surface area contributed by atoms with E-state index in [0.29, 0.717) is 28.6 Å². The van der Waals surface area contributed by atoms with Crippen LogP contribution < -0.4 is 30.3 Å². The Kier molecular flexibility index (Phi) is 12.1. The molecular weight excluding hydrogens is 701 g/mol. The molecule has 16 heteroatoms. The van der Waals surface area contributed by atoms with E-state index in [-0.39, 0.29) is 43.5 Å². The molecule has 4 N–H and O–H groups in total. The number of fused-ring (bicyclic) bond motifs is 14. The summed E-state index contributed by atoms with van der Waals surface area (Å²) in [5.74, 6) is -1.07. The van der Waals surface area contributed by atoms with Gasteiger partial charge in [0.1, 0.15) is 36.8 Å². The van der Waals surface area contributed by atoms with E-state index in [1.165, 1.54) is 36.0 Å². The summed E-state index contributed by atoms with van der Waals surface area (Å²) >= 11 is 0. The average Bonchev–Trinajstić information content (AvgIpc) is 3.55. The van der Waals surface area contributed by atoms with Crippen LogP contribution in [0.2, 0.25) is 0 Å². The molecule has 15 nitrogen and oxygen atoms in total. The van der Waals surface area contributed by atoms with Gasteiger partial charge < -0.3 is 26.0 Å². The molecule has 0 saturated heterocycles. The van der Waals surface area contributed by atoms with Crippen LogP contribution in [0.5, 0.6) is 5.75 Å². The van der Waals surface area contributed by atoms with Crippen molar-refractivity contribution in [1.29, 1.82) is 0 Å². The lowest BCUT2D eigenvalue weighted by molar-refractivity contribution is -0.131. The second-order valence-corrected chi connectivity index (χ2v) is 15.1. The lowest BCUT2D eigenvalue weighted by Crippen LogP contribution is -2.56. The number of ether oxygens (including phenoxy) is 1. The maximum atomic E-state index is 14.0. The Labute approximate surface area is 308 Å². The molecule has 0 radical (unpaired) electrons. The first-order chi connectivity index (χ1) is 25.2. The molecular formula is C37H44N8O7S. The standard InChI is InChI=1S/C37H44N8O7S/c1-23(2)32-37(49)39-24(3)34-42-33(26-9-7-6-8-10-26)43-45(34)22-31(46)38-19-20-52-29-17-11-25(12-18-29)21-30(36(48)41-32)40-35(47)27-13-15-28(16-14-27)44(4)53(5,50)51/h6-18,23-24,30,32H,19-22H2,1-5H3,(H,38,46)(H,39,49)(H,40,47)(H,41,48)/t24-,30-,32+/m0/s1. The highest BCUT2D eigenvalue weighted by atomic mass is 32.2. The van der Waals surface area contributed by atoms with Crippen molar-refractivity contribution in [1.82, 2.24) is 36.0 Å². The molecule has 2 bridgehead atoms. The molecule has 4 aromatic rings. The lowest BCUT2D eigenvalue weighted by Gasteiger charge is -2.27. The number of hydrogen-bond acceptors (Lipinski definition) is 9. The molecule has 0 unspecified atom stereocenters. The Morgan fingerprint density at radius 1 is 0.962 bits per heavy atom. The van der Waals surface area contributed by atoms with Gasteiger partial charge in [0, 0.05) is 24.6 Å². The van der Waals surface area contributed by atoms with Gasteiger partial charge in [0.25, 0.3) is 5.91 Å². The largest absolute Gasteiger partial charge is 0.492 e. The molecule has 3 atom stereocenters. The van der Waals surface area contributed by atoms with E-state index in [9.17, 15) is 27.6 Å². The molecule has 4 amide bonds. The smallest absolute Gasteiger partial charge is 0.251 e. The van der Waals surface area contributed by atoms with Crippen LogP contribution in [0.15, 0.2) is 78.9 Å². The van der Waals surface area contributed by atoms with Crippen LogP contribution in [0.1, 0.15) is 48.6 Å². The van der Waals surface area contributed by atoms with Gasteiger partial charge >= 0.3 is 0 Å². The van der Waals surface area contributed by atoms with Gasteiger partial charge in [-0.3, -0.25) is 23.5 Å². The van der Waals surface area contributed by atoms with Crippen molar-refractivity contribution < 1.29 is 32.3 Å². The fourth-order valence-corrected chi connectivity index (χ4v) is 6.14. The van der Waals surface area contributed by atoms with Crippen molar-refractivity contribution in [3.63, 3.8) is 0 Å². The van der Waals surface area contributed by atoms with E-state index >= 15 is 0 Å². The minimum Gasteiger partial charge on any atom is -0.492 e. The highest BCUT2D eigenvalue weighted by Gasteiger charge is 2.31. The van der Waals surface area contributed by atoms with Crippen LogP contribution in [-0.2, 0) is 37.4 Å². The number of aromatic nitrogens is 3. The number of carbonyl (C=O) groups is 4. The minimum atomic E-state index is -3.51. The third-order valence-corrected chi connectivity index (χ3v) is 9.89. The average molecular weight is 745 g/mol. The van der Waals surface area contributed by atoms with Gasteiger partial charge in [-0.25, -0.2) is 18.1 Å². The monoisotopic (exact) mass is 744 g/mol. The number of nitrogens with zero attached hydrogens (tertiary/aromatic N) is 4. The molecule has 3 heterocycles. The molecule has 0 saturated carbocycles. The summed E-state index contributed by atoms with van der Waals surface area (Å²) in [5.41, 5.74) is 2.01. The highest BCUT2D eigenvalue weighted by molar-refractivity contribution is 7.92. The Hall–Kier alpha value is -5.77. The van der Waals surface area contributed by atoms with Gasteiger partial charge in [-0.2, -0.15) is 5.10 Å². The van der Waals surface area contributed by atoms with E-state index in [0.717, 1.165) is 16.1 Å². The number of hydrogen-bond donors (Lipinski definition) is 4. The second kappa shape index (κ2) is 16.7. The minimum absolute atomic E-state index is 0.0804. The topological polar surface area (TPSA) is 194 Å². The molecule has 1 aromatic heterocycles. The van der Waals surface area contributed by atoms with Gasteiger partial charge in [-0.1, -0.05) is 56.3 Å². The zero-order chi connectivity index (χ0) is 38.3. The Balaban J connectivity index is 1.43. The van der Waals surface area contributed by atoms with Gasteiger partial charge in [0.15, 0.2) is 5.82 Å². The Morgan fingerprint density at radius 3 is 2.28 bits per heavy atom. The van der Waals surface area contributed by atoms with E-state index in [1.807, 2.05) is 30.3 Å². The number of benzene rings is 3. The first kappa shape index (κ1) is 38.5. The summed E-state index contributed by atoms with van der Waals surface area (Å²) in [5, 5.41) is 16.0. The first-order valence-electron chi connectivity index (χ1n) is 17.1. The third-order valence-electron chi connectivity index (χ3n) is 8.69. The van der Waals surface area contributed by atoms with Crippen molar-refractivity contribution in [2.45, 2.75) is 51.9 Å². The summed E-state index contributed by atoms with van der Waals surface area (Å²) in [6.45, 7) is 5.54. The predicted molar refractivity (Wildman–Crippen MR) is 198 cm³/mol. The van der Waals surface area contributed by atoms with Crippen molar-refractivity contribution in [2.24, 2.45) is 5.92 Å². The number of carbonyl (C=O) groups excluding carboxylic acids is 4. The predicted octanol–water partition coefficient (Wildman–Crippen LogP) is 2.21. The lowest BCUT2D eigenvalue weighted by atomic mass is 10.00. The van der Waals surface area contributed by atoms with Gasteiger partial charge in [-0.15, -0.1) is 0 Å². The normalized spacial score (nSPS) is 18.9. The van der Waals surface area contributed by atoms with Crippen LogP contribution in [0.25, 0.3) is 11.4 Å². The number of rotatable bonds is 6. The van der Waals surface area contributed by atoms with Crippen LogP contribution in [0.3, 0.4) is 0 Å². The Morgan fingerprint density at radius 2 is 1.64 bits per heavy atom. The summed E-state index contributed by atoms with van der Waals surface area (Å²) in [7, 11) is -2.11. The number of anilines is 1. The molecule has 0 fully saturated rings. The number of nitrogens with one attached hydrogen (secondary N) is 4. The summed E-state index contributed by atoms with van der Waals surface area (Å²) in [6, 6.07) is 19.3. The highest BCUT2D eigenvalue weighted by Crippen LogP contribution is 2.21. The molecule has 53 heavy (non-hydrogen) atoms. The van der Waals surface area contributed by atoms with Gasteiger partial charge in [0.2, 0.25) is 27.7 Å². The second-order valence-electron chi connectivity index (χ2n) is 13.1. The van der Waals surface area contributed by atoms with E-state index < -0.39 is 45.9 Å². The quantitative estimate of drug-likeness (QED) is 0.229. The molecule has 6 rings (SSSR count). The number of amides is 4. The molecule has 280 valence electrons. The molecule has 2 aliphatic heterocycles. The van der Waals surface area contributed by atoms with E-state index in [2.05, 4.69) is 31.3 Å². The maximum absolute atomic E-state index is 14.0. The zero-order valence-electron chi connectivity index (χ0n) is 30.2. The van der Waals surface area contributed by atoms with Crippen molar-refractivity contribution in [3.05, 3.63) is 95.8 Å². The van der Waals surface area contributed by atoms with Gasteiger partial charge in [-0.05, 0) is 54.8 Å². The van der Waals surface area contributed by atoms with E-state index in [1.54, 1.807) is 45.0 Å². The molecule has 0 spiro atoms. The van der Waals surface area contributed by atoms with E-state index in [4.69, 9.17) is 4.74 Å². The Bertz CT molecular complexity index is 2040. The van der Waals surface area contributed by atoms with Crippen LogP contribution in [0, 0.1) is 5.92 Å². The first-order valence-corrected chi connectivity index (χ1v) is 19.0. The van der Waals surface area contributed by atoms with Crippen molar-refractivity contribution in [2.75, 3.05) is 30.8 Å². The summed E-state index contributed by atoms with van der Waals surface area (Å²) in [4.78, 5) is 58.9. The van der Waals surface area contributed by atoms with Gasteiger partial charge in [0.05, 0.1) is 24.5 Å². The van der Waals surface area contributed by atoms with Crippen LogP contribution in [0.4, 0.5) is 5.69 Å². The third kappa shape index (κ3) is 9.97. The molecule has 0 aliphatic carbocycles. The van der Waals surface area contributed by atoms with Crippen molar-refractivity contribution in [3.8, 4) is 17.1 Å². The van der Waals surface area contributed by atoms with Crippen LogP contribution in [-0.4, -0.2) is 85.3 Å². The fraction of sp³-hybridized carbons (Fsp3) is 0.351.